The van der Waals surface area contributed by atoms with Gasteiger partial charge < -0.3 is 29.2 Å². The van der Waals surface area contributed by atoms with Gasteiger partial charge in [-0.15, -0.1) is 0 Å². The Bertz CT molecular complexity index is 724. The highest BCUT2D eigenvalue weighted by Gasteiger charge is 2.54. The van der Waals surface area contributed by atoms with Gasteiger partial charge in [-0.05, 0) is 85.0 Å². The minimum absolute atomic E-state index is 0.0411. The second-order valence-corrected chi connectivity index (χ2v) is 9.82. The van der Waals surface area contributed by atoms with Gasteiger partial charge in [-0.3, -0.25) is 0 Å². The molecule has 1 aromatic rings. The molecule has 0 spiro atoms. The molecule has 4 rings (SSSR count). The number of hydrogen-bond donors (Lipinski definition) is 2. The third kappa shape index (κ3) is 5.31. The third-order valence-electron chi connectivity index (χ3n) is 8.12. The Morgan fingerprint density at radius 3 is 2.38 bits per heavy atom. The van der Waals surface area contributed by atoms with Crippen molar-refractivity contribution in [2.24, 2.45) is 17.3 Å². The Morgan fingerprint density at radius 1 is 0.906 bits per heavy atom. The molecule has 3 aliphatic carbocycles. The lowest BCUT2D eigenvalue weighted by atomic mass is 9.55. The van der Waals surface area contributed by atoms with Gasteiger partial charge in [0, 0.05) is 0 Å². The smallest absolute Gasteiger partial charge is 0.119 e. The van der Waals surface area contributed by atoms with Crippen molar-refractivity contribution in [3.05, 3.63) is 29.3 Å². The van der Waals surface area contributed by atoms with E-state index in [-0.39, 0.29) is 18.1 Å². The van der Waals surface area contributed by atoms with E-state index in [4.69, 9.17) is 24.1 Å². The molecule has 6 heteroatoms. The van der Waals surface area contributed by atoms with Crippen LogP contribution in [0.15, 0.2) is 18.2 Å². The zero-order valence-electron chi connectivity index (χ0n) is 19.5. The molecule has 0 bridgehead atoms. The fourth-order valence-electron chi connectivity index (χ4n) is 6.45. The molecular formula is C26H40O6. The molecule has 0 aromatic heterocycles. The van der Waals surface area contributed by atoms with Crippen molar-refractivity contribution in [3.63, 3.8) is 0 Å². The van der Waals surface area contributed by atoms with E-state index in [2.05, 4.69) is 25.1 Å². The Morgan fingerprint density at radius 2 is 1.62 bits per heavy atom. The summed E-state index contributed by atoms with van der Waals surface area (Å²) in [4.78, 5) is 0. The lowest BCUT2D eigenvalue weighted by Crippen LogP contribution is -2.43. The summed E-state index contributed by atoms with van der Waals surface area (Å²) in [6.45, 7) is 5.86. The average Bonchev–Trinajstić information content (AvgIpc) is 3.11. The van der Waals surface area contributed by atoms with Gasteiger partial charge in [0.05, 0.1) is 52.4 Å². The molecule has 6 nitrogen and oxygen atoms in total. The first-order valence-corrected chi connectivity index (χ1v) is 12.4. The van der Waals surface area contributed by atoms with Crippen molar-refractivity contribution in [2.75, 3.05) is 52.9 Å². The minimum Gasteiger partial charge on any atom is -0.491 e. The zero-order valence-corrected chi connectivity index (χ0v) is 19.5. The fraction of sp³-hybridized carbons (Fsp3) is 0.769. The number of aliphatic hydroxyl groups is 2. The van der Waals surface area contributed by atoms with E-state index in [0.29, 0.717) is 58.1 Å². The molecule has 0 aliphatic heterocycles. The number of benzene rings is 1. The molecule has 180 valence electrons. The van der Waals surface area contributed by atoms with Crippen molar-refractivity contribution in [2.45, 2.75) is 57.5 Å². The maximum absolute atomic E-state index is 10.6. The Balaban J connectivity index is 1.18. The topological polar surface area (TPSA) is 77.4 Å². The van der Waals surface area contributed by atoms with Crippen LogP contribution in [0, 0.1) is 17.3 Å². The van der Waals surface area contributed by atoms with Crippen LogP contribution < -0.4 is 4.74 Å². The van der Waals surface area contributed by atoms with E-state index in [1.54, 1.807) is 0 Å². The van der Waals surface area contributed by atoms with Crippen LogP contribution in [-0.4, -0.2) is 69.2 Å². The summed E-state index contributed by atoms with van der Waals surface area (Å²) in [5.74, 6) is 2.98. The van der Waals surface area contributed by atoms with Gasteiger partial charge in [0.15, 0.2) is 0 Å². The van der Waals surface area contributed by atoms with E-state index >= 15 is 0 Å². The number of hydrogen-bond acceptors (Lipinski definition) is 6. The highest BCUT2D eigenvalue weighted by molar-refractivity contribution is 5.40. The van der Waals surface area contributed by atoms with Gasteiger partial charge in [-0.25, -0.2) is 0 Å². The number of fused-ring (bicyclic) bond motifs is 5. The zero-order chi connectivity index (χ0) is 22.4. The summed E-state index contributed by atoms with van der Waals surface area (Å²) in [6, 6.07) is 6.65. The Kier molecular flexibility index (Phi) is 8.46. The minimum atomic E-state index is -0.106. The summed E-state index contributed by atoms with van der Waals surface area (Å²) in [7, 11) is 0. The van der Waals surface area contributed by atoms with Gasteiger partial charge in [0.2, 0.25) is 0 Å². The highest BCUT2D eigenvalue weighted by Crippen LogP contribution is 2.60. The van der Waals surface area contributed by atoms with Gasteiger partial charge >= 0.3 is 0 Å². The number of aliphatic hydroxyl groups excluding tert-OH is 2. The standard InChI is InChI=1S/C26H40O6/c1-26-9-8-22-21-5-3-20(32-17-16-31-15-14-30-13-12-29-11-10-27)18-19(21)2-4-23(22)24(26)6-7-25(26)28/h3,5,18,22-25,27-28H,2,4,6-17H2,1H3/t22-,23-,24+,25+,26+/m1/s1. The molecule has 5 atom stereocenters. The summed E-state index contributed by atoms with van der Waals surface area (Å²) in [5.41, 5.74) is 3.11. The summed E-state index contributed by atoms with van der Waals surface area (Å²) in [5, 5.41) is 19.2. The van der Waals surface area contributed by atoms with Crippen molar-refractivity contribution in [1.82, 2.24) is 0 Å². The number of rotatable bonds is 12. The SMILES string of the molecule is C[C@]12CC[C@@H]3c4ccc(OCCOCCOCCOCCO)cc4CC[C@H]3[C@@H]1CC[C@@H]2O. The summed E-state index contributed by atoms with van der Waals surface area (Å²) < 4.78 is 22.0. The van der Waals surface area contributed by atoms with Crippen LogP contribution in [-0.2, 0) is 20.6 Å². The first-order chi connectivity index (χ1) is 15.6. The molecule has 0 amide bonds. The molecule has 0 unspecified atom stereocenters. The molecule has 0 radical (unpaired) electrons. The first-order valence-electron chi connectivity index (χ1n) is 12.4. The molecule has 0 heterocycles. The van der Waals surface area contributed by atoms with E-state index in [1.807, 2.05) is 0 Å². The summed E-state index contributed by atoms with van der Waals surface area (Å²) >= 11 is 0. The average molecular weight is 449 g/mol. The number of ether oxygens (including phenoxy) is 4. The monoisotopic (exact) mass is 448 g/mol. The van der Waals surface area contributed by atoms with Gasteiger partial charge in [-0.2, -0.15) is 0 Å². The van der Waals surface area contributed by atoms with Crippen molar-refractivity contribution >= 4 is 0 Å². The second-order valence-electron chi connectivity index (χ2n) is 9.82. The van der Waals surface area contributed by atoms with Crippen LogP contribution in [0.25, 0.3) is 0 Å². The van der Waals surface area contributed by atoms with E-state index in [1.165, 1.54) is 30.4 Å². The van der Waals surface area contributed by atoms with Crippen LogP contribution in [0.2, 0.25) is 0 Å². The molecule has 32 heavy (non-hydrogen) atoms. The predicted molar refractivity (Wildman–Crippen MR) is 122 cm³/mol. The van der Waals surface area contributed by atoms with Crippen LogP contribution in [0.4, 0.5) is 0 Å². The molecule has 1 aromatic carbocycles. The van der Waals surface area contributed by atoms with Crippen molar-refractivity contribution in [3.8, 4) is 5.75 Å². The molecule has 2 saturated carbocycles. The lowest BCUT2D eigenvalue weighted by molar-refractivity contribution is -0.0226. The van der Waals surface area contributed by atoms with Crippen LogP contribution >= 0.6 is 0 Å². The van der Waals surface area contributed by atoms with Gasteiger partial charge in [0.1, 0.15) is 12.4 Å². The third-order valence-corrected chi connectivity index (χ3v) is 8.12. The molecule has 0 saturated heterocycles. The van der Waals surface area contributed by atoms with E-state index < -0.39 is 0 Å². The molecule has 2 N–H and O–H groups in total. The highest BCUT2D eigenvalue weighted by atomic mass is 16.6. The Labute approximate surface area is 192 Å². The first kappa shape index (κ1) is 24.0. The lowest BCUT2D eigenvalue weighted by Gasteiger charge is -2.50. The van der Waals surface area contributed by atoms with E-state index in [0.717, 1.165) is 30.9 Å². The predicted octanol–water partition coefficient (Wildman–Crippen LogP) is 3.32. The maximum Gasteiger partial charge on any atom is 0.119 e. The number of aryl methyl sites for hydroxylation is 1. The summed E-state index contributed by atoms with van der Waals surface area (Å²) in [6.07, 6.45) is 6.77. The fourth-order valence-corrected chi connectivity index (χ4v) is 6.45. The van der Waals surface area contributed by atoms with E-state index in [9.17, 15) is 5.11 Å². The van der Waals surface area contributed by atoms with Crippen LogP contribution in [0.5, 0.6) is 5.75 Å². The second kappa shape index (κ2) is 11.3. The van der Waals surface area contributed by atoms with Crippen molar-refractivity contribution in [1.29, 1.82) is 0 Å². The largest absolute Gasteiger partial charge is 0.491 e. The molecule has 3 aliphatic rings. The van der Waals surface area contributed by atoms with Gasteiger partial charge in [-0.1, -0.05) is 13.0 Å². The normalized spacial score (nSPS) is 31.1. The Hall–Kier alpha value is -1.18. The van der Waals surface area contributed by atoms with Crippen molar-refractivity contribution < 1.29 is 29.2 Å². The van der Waals surface area contributed by atoms with Crippen LogP contribution in [0.1, 0.15) is 56.1 Å². The van der Waals surface area contributed by atoms with Gasteiger partial charge in [0.25, 0.3) is 0 Å². The molecular weight excluding hydrogens is 408 g/mol. The quantitative estimate of drug-likeness (QED) is 0.478. The van der Waals surface area contributed by atoms with Crippen LogP contribution in [0.3, 0.4) is 0 Å². The molecule has 2 fully saturated rings. The maximum atomic E-state index is 10.6.